The van der Waals surface area contributed by atoms with Crippen LogP contribution in [0.2, 0.25) is 15.1 Å². The fraction of sp³-hybridized carbons (Fsp3) is 0.0714. The van der Waals surface area contributed by atoms with E-state index in [9.17, 15) is 13.2 Å². The third-order valence-corrected chi connectivity index (χ3v) is 4.96. The first-order valence-corrected chi connectivity index (χ1v) is 8.80. The molecule has 0 fully saturated rings. The van der Waals surface area contributed by atoms with Gasteiger partial charge < -0.3 is 4.74 Å². The molecule has 0 bridgehead atoms. The van der Waals surface area contributed by atoms with E-state index in [1.165, 1.54) is 12.1 Å². The molecular weight excluding hydrogens is 385 g/mol. The Balaban J connectivity index is 2.16. The topological polar surface area (TPSA) is 86.5 Å². The molecule has 0 heterocycles. The number of carbonyl (C=O) groups excluding carboxylic acids is 1. The summed E-state index contributed by atoms with van der Waals surface area (Å²) in [7, 11) is -4.04. The molecule has 0 spiro atoms. The van der Waals surface area contributed by atoms with Crippen LogP contribution in [0.1, 0.15) is 15.9 Å². The van der Waals surface area contributed by atoms with Crippen molar-refractivity contribution in [2.45, 2.75) is 11.5 Å². The van der Waals surface area contributed by atoms with Crippen LogP contribution < -0.4 is 5.14 Å². The van der Waals surface area contributed by atoms with Crippen LogP contribution in [0.3, 0.4) is 0 Å². The third-order valence-electron chi connectivity index (χ3n) is 2.83. The number of ether oxygens (including phenoxy) is 1. The molecule has 5 nitrogen and oxygen atoms in total. The molecule has 2 aromatic rings. The Morgan fingerprint density at radius 2 is 1.65 bits per heavy atom. The van der Waals surface area contributed by atoms with E-state index >= 15 is 0 Å². The number of esters is 1. The lowest BCUT2D eigenvalue weighted by Gasteiger charge is -2.08. The molecule has 0 amide bonds. The van der Waals surface area contributed by atoms with E-state index in [2.05, 4.69) is 0 Å². The van der Waals surface area contributed by atoms with Crippen molar-refractivity contribution in [1.82, 2.24) is 0 Å². The van der Waals surface area contributed by atoms with E-state index < -0.39 is 16.0 Å². The number of rotatable bonds is 4. The molecule has 0 aliphatic rings. The summed E-state index contributed by atoms with van der Waals surface area (Å²) in [6.45, 7) is -0.0525. The van der Waals surface area contributed by atoms with Crippen LogP contribution >= 0.6 is 34.8 Å². The van der Waals surface area contributed by atoms with Gasteiger partial charge in [-0.25, -0.2) is 18.4 Å². The normalized spacial score (nSPS) is 11.3. The molecule has 2 rings (SSSR count). The van der Waals surface area contributed by atoms with Crippen molar-refractivity contribution >= 4 is 50.8 Å². The van der Waals surface area contributed by atoms with E-state index in [4.69, 9.17) is 44.7 Å². The molecule has 0 radical (unpaired) electrons. The van der Waals surface area contributed by atoms with Gasteiger partial charge in [-0.2, -0.15) is 0 Å². The van der Waals surface area contributed by atoms with Crippen LogP contribution in [0.15, 0.2) is 41.3 Å². The minimum atomic E-state index is -4.04. The fourth-order valence-electron chi connectivity index (χ4n) is 1.71. The summed E-state index contributed by atoms with van der Waals surface area (Å²) in [6, 6.07) is 8.46. The summed E-state index contributed by atoms with van der Waals surface area (Å²) >= 11 is 17.4. The Kier molecular flexibility index (Phi) is 5.54. The van der Waals surface area contributed by atoms with E-state index in [1.54, 1.807) is 18.2 Å². The number of sulfonamides is 1. The highest BCUT2D eigenvalue weighted by Gasteiger charge is 2.17. The first-order valence-electron chi connectivity index (χ1n) is 6.12. The van der Waals surface area contributed by atoms with Crippen molar-refractivity contribution in [2.75, 3.05) is 0 Å². The molecule has 9 heteroatoms. The van der Waals surface area contributed by atoms with E-state index in [-0.39, 0.29) is 22.1 Å². The molecule has 23 heavy (non-hydrogen) atoms. The zero-order chi connectivity index (χ0) is 17.2. The molecule has 0 aliphatic carbocycles. The lowest BCUT2D eigenvalue weighted by Crippen LogP contribution is -2.14. The largest absolute Gasteiger partial charge is 0.457 e. The highest BCUT2D eigenvalue weighted by molar-refractivity contribution is 7.89. The van der Waals surface area contributed by atoms with Gasteiger partial charge in [0.15, 0.2) is 0 Å². The minimum absolute atomic E-state index is 0.0125. The number of hydrogen-bond donors (Lipinski definition) is 1. The number of nitrogens with two attached hydrogens (primary N) is 1. The molecule has 0 unspecified atom stereocenters. The number of hydrogen-bond acceptors (Lipinski definition) is 4. The molecule has 2 N–H and O–H groups in total. The summed E-state index contributed by atoms with van der Waals surface area (Å²) in [5.74, 6) is -0.724. The maximum atomic E-state index is 12.0. The van der Waals surface area contributed by atoms with Gasteiger partial charge in [-0.05, 0) is 35.9 Å². The van der Waals surface area contributed by atoms with Crippen molar-refractivity contribution in [3.05, 3.63) is 62.6 Å². The molecule has 2 aromatic carbocycles. The van der Waals surface area contributed by atoms with Crippen molar-refractivity contribution in [3.63, 3.8) is 0 Å². The Hall–Kier alpha value is -1.31. The average molecular weight is 395 g/mol. The average Bonchev–Trinajstić information content (AvgIpc) is 2.47. The summed E-state index contributed by atoms with van der Waals surface area (Å²) in [5.41, 5.74) is 0.645. The van der Waals surface area contributed by atoms with Gasteiger partial charge in [-0.15, -0.1) is 0 Å². The van der Waals surface area contributed by atoms with E-state index in [0.717, 1.165) is 6.07 Å². The summed E-state index contributed by atoms with van der Waals surface area (Å²) in [5, 5.41) is 5.68. The molecule has 122 valence electrons. The Morgan fingerprint density at radius 3 is 2.26 bits per heavy atom. The maximum absolute atomic E-state index is 12.0. The fourth-order valence-corrected chi connectivity index (χ4v) is 3.10. The van der Waals surface area contributed by atoms with Gasteiger partial charge in [-0.3, -0.25) is 0 Å². The van der Waals surface area contributed by atoms with E-state index in [0.29, 0.717) is 15.6 Å². The maximum Gasteiger partial charge on any atom is 0.338 e. The second kappa shape index (κ2) is 7.07. The second-order valence-corrected chi connectivity index (χ2v) is 7.27. The first kappa shape index (κ1) is 18.0. The number of benzene rings is 2. The standard InChI is InChI=1S/C14H10Cl3NO4S/c15-10-3-1-8(5-12(10)17)7-22-14(19)9-2-4-11(16)13(6-9)23(18,20)21/h1-6H,7H2,(H2,18,20,21). The quantitative estimate of drug-likeness (QED) is 0.802. The Morgan fingerprint density at radius 1 is 1.00 bits per heavy atom. The second-order valence-electron chi connectivity index (χ2n) is 4.51. The molecule has 0 atom stereocenters. The number of primary sulfonamides is 1. The van der Waals surface area contributed by atoms with Crippen molar-refractivity contribution in [3.8, 4) is 0 Å². The Bertz CT molecular complexity index is 868. The Labute approximate surface area is 148 Å². The first-order chi connectivity index (χ1) is 10.7. The van der Waals surface area contributed by atoms with Crippen LogP contribution in [0.4, 0.5) is 0 Å². The highest BCUT2D eigenvalue weighted by atomic mass is 35.5. The third kappa shape index (κ3) is 4.59. The van der Waals surface area contributed by atoms with Crippen LogP contribution in [-0.2, 0) is 21.4 Å². The smallest absolute Gasteiger partial charge is 0.338 e. The minimum Gasteiger partial charge on any atom is -0.457 e. The van der Waals surface area contributed by atoms with Gasteiger partial charge >= 0.3 is 5.97 Å². The number of carbonyl (C=O) groups is 1. The van der Waals surface area contributed by atoms with Gasteiger partial charge in [0, 0.05) is 0 Å². The molecule has 0 aliphatic heterocycles. The molecular formula is C14H10Cl3NO4S. The van der Waals surface area contributed by atoms with Gasteiger partial charge in [0.25, 0.3) is 0 Å². The number of halogens is 3. The summed E-state index contributed by atoms with van der Waals surface area (Å²) in [6.07, 6.45) is 0. The monoisotopic (exact) mass is 393 g/mol. The zero-order valence-electron chi connectivity index (χ0n) is 11.4. The van der Waals surface area contributed by atoms with Crippen LogP contribution in [-0.4, -0.2) is 14.4 Å². The lowest BCUT2D eigenvalue weighted by atomic mass is 10.2. The SMILES string of the molecule is NS(=O)(=O)c1cc(C(=O)OCc2ccc(Cl)c(Cl)c2)ccc1Cl. The molecule has 0 saturated heterocycles. The van der Waals surface area contributed by atoms with Gasteiger partial charge in [0.2, 0.25) is 10.0 Å². The summed E-state index contributed by atoms with van der Waals surface area (Å²) in [4.78, 5) is 11.7. The van der Waals surface area contributed by atoms with Crippen molar-refractivity contribution < 1.29 is 17.9 Å². The zero-order valence-corrected chi connectivity index (χ0v) is 14.5. The predicted octanol–water partition coefficient (Wildman–Crippen LogP) is 3.65. The van der Waals surface area contributed by atoms with E-state index in [1.807, 2.05) is 0 Å². The van der Waals surface area contributed by atoms with Crippen molar-refractivity contribution in [1.29, 1.82) is 0 Å². The summed E-state index contributed by atoms with van der Waals surface area (Å²) < 4.78 is 27.9. The molecule has 0 aromatic heterocycles. The van der Waals surface area contributed by atoms with Crippen LogP contribution in [0, 0.1) is 0 Å². The van der Waals surface area contributed by atoms with Gasteiger partial charge in [0.1, 0.15) is 11.5 Å². The van der Waals surface area contributed by atoms with Crippen LogP contribution in [0.25, 0.3) is 0 Å². The predicted molar refractivity (Wildman–Crippen MR) is 88.4 cm³/mol. The molecule has 0 saturated carbocycles. The lowest BCUT2D eigenvalue weighted by molar-refractivity contribution is 0.0472. The highest BCUT2D eigenvalue weighted by Crippen LogP contribution is 2.24. The van der Waals surface area contributed by atoms with Gasteiger partial charge in [0.05, 0.1) is 20.6 Å². The van der Waals surface area contributed by atoms with Gasteiger partial charge in [-0.1, -0.05) is 40.9 Å². The van der Waals surface area contributed by atoms with Crippen LogP contribution in [0.5, 0.6) is 0 Å². The van der Waals surface area contributed by atoms with Crippen molar-refractivity contribution in [2.24, 2.45) is 5.14 Å².